The summed E-state index contributed by atoms with van der Waals surface area (Å²) in [5.41, 5.74) is 5.83. The summed E-state index contributed by atoms with van der Waals surface area (Å²) in [5, 5.41) is 11.9. The van der Waals surface area contributed by atoms with Gasteiger partial charge in [-0.05, 0) is 104 Å². The average Bonchev–Trinajstić information content (AvgIpc) is 2.32. The molecule has 0 aromatic heterocycles. The van der Waals surface area contributed by atoms with Gasteiger partial charge >= 0.3 is 12.1 Å². The van der Waals surface area contributed by atoms with Crippen molar-refractivity contribution >= 4 is 47.5 Å². The summed E-state index contributed by atoms with van der Waals surface area (Å²) >= 11 is 0. The number of benzene rings is 5. The van der Waals surface area contributed by atoms with Crippen LogP contribution < -0.4 is 21.3 Å². The van der Waals surface area contributed by atoms with Gasteiger partial charge in [-0.15, -0.1) is 0 Å². The molecule has 84 heavy (non-hydrogen) atoms. The van der Waals surface area contributed by atoms with Gasteiger partial charge in [-0.2, -0.15) is 0 Å². The monoisotopic (exact) mass is 1140 g/mol. The van der Waals surface area contributed by atoms with E-state index in [1.165, 1.54) is 14.7 Å². The van der Waals surface area contributed by atoms with Crippen molar-refractivity contribution in [1.29, 1.82) is 0 Å². The van der Waals surface area contributed by atoms with Crippen LogP contribution >= 0.6 is 0 Å². The van der Waals surface area contributed by atoms with E-state index in [0.29, 0.717) is 51.6 Å². The molecule has 0 bridgehead atoms. The van der Waals surface area contributed by atoms with Crippen LogP contribution in [0.4, 0.5) is 4.79 Å². The number of carbonyl (C=O) groups is 8. The number of ether oxygens (including phenoxy) is 2. The van der Waals surface area contributed by atoms with Crippen LogP contribution in [0.3, 0.4) is 0 Å². The molecule has 4 aliphatic rings. The number of hydrogen-bond acceptors (Lipinski definition) is 10. The van der Waals surface area contributed by atoms with E-state index in [0.717, 1.165) is 38.9 Å². The van der Waals surface area contributed by atoms with Gasteiger partial charge in [0.15, 0.2) is 0 Å². The number of rotatable bonds is 21. The minimum Gasteiger partial charge on any atom is -0.458 e. The van der Waals surface area contributed by atoms with Crippen molar-refractivity contribution in [2.75, 3.05) is 26.2 Å². The van der Waals surface area contributed by atoms with E-state index in [9.17, 15) is 33.6 Å². The lowest BCUT2D eigenvalue weighted by molar-refractivity contribution is -0.163. The van der Waals surface area contributed by atoms with E-state index in [-0.39, 0.29) is 44.8 Å². The predicted molar refractivity (Wildman–Crippen MR) is 318 cm³/mol. The highest BCUT2D eigenvalue weighted by molar-refractivity contribution is 5.98. The molecule has 3 heterocycles. The third-order valence-corrected chi connectivity index (χ3v) is 16.7. The van der Waals surface area contributed by atoms with Crippen molar-refractivity contribution in [3.8, 4) is 11.1 Å². The van der Waals surface area contributed by atoms with Crippen LogP contribution in [0, 0.1) is 5.92 Å². The molecule has 5 aromatic carbocycles. The quantitative estimate of drug-likeness (QED) is 0.0534. The fraction of sp³-hybridized carbons (Fsp3) is 0.433. The SMILES string of the molecule is CC[C@H](C)[C@H](NC(=O)[C@H](Cc1ccccc1)NC(=O)[C@@H]1CCCN1C(=O)[C@H](Cc1ccccc1)NC(=O)[C@@H]1CCCN1C(=O)OCC1c2ccccc2-c2ccccc21)C(=O)N[C@@H](Cc1ccccc1)C(=O)N1CCC[C@H]1C(=O)OC(C)(C)C. The Morgan fingerprint density at radius 3 is 1.43 bits per heavy atom. The molecule has 0 unspecified atom stereocenters. The third-order valence-electron chi connectivity index (χ3n) is 16.7. The van der Waals surface area contributed by atoms with Crippen LogP contribution in [0.2, 0.25) is 0 Å². The topological polar surface area (TPSA) is 213 Å². The number of likely N-dealkylation sites (tertiary alicyclic amines) is 3. The molecule has 17 nitrogen and oxygen atoms in total. The maximum Gasteiger partial charge on any atom is 0.410 e. The van der Waals surface area contributed by atoms with Gasteiger partial charge in [0.25, 0.3) is 0 Å². The van der Waals surface area contributed by atoms with Crippen LogP contribution in [-0.2, 0) is 62.3 Å². The maximum atomic E-state index is 15.0. The lowest BCUT2D eigenvalue weighted by Crippen LogP contribution is -2.61. The maximum absolute atomic E-state index is 15.0. The number of hydrogen-bond donors (Lipinski definition) is 4. The molecular formula is C67H79N7O10. The molecule has 4 N–H and O–H groups in total. The number of nitrogens with one attached hydrogen (secondary N) is 4. The summed E-state index contributed by atoms with van der Waals surface area (Å²) in [4.78, 5) is 120. The van der Waals surface area contributed by atoms with Gasteiger partial charge in [0, 0.05) is 44.8 Å². The van der Waals surface area contributed by atoms with E-state index in [1.807, 2.05) is 141 Å². The molecule has 17 heteroatoms. The van der Waals surface area contributed by atoms with Crippen LogP contribution in [-0.4, -0.2) is 136 Å². The van der Waals surface area contributed by atoms with Crippen molar-refractivity contribution < 1.29 is 47.8 Å². The normalized spacial score (nSPS) is 19.2. The summed E-state index contributed by atoms with van der Waals surface area (Å²) < 4.78 is 11.7. The van der Waals surface area contributed by atoms with E-state index >= 15 is 4.79 Å². The zero-order valence-electron chi connectivity index (χ0n) is 48.8. The van der Waals surface area contributed by atoms with Gasteiger partial charge in [-0.25, -0.2) is 9.59 Å². The second kappa shape index (κ2) is 27.4. The summed E-state index contributed by atoms with van der Waals surface area (Å²) in [5.74, 6) is -4.40. The van der Waals surface area contributed by atoms with Crippen LogP contribution in [0.15, 0.2) is 140 Å². The summed E-state index contributed by atoms with van der Waals surface area (Å²) in [6.07, 6.45) is 2.77. The Hall–Kier alpha value is -8.34. The minimum atomic E-state index is -1.22. The standard InChI is InChI=1S/C67H79N7O10/c1-6-43(2)58(62(78)70-54(41-46-27-14-9-15-28-46)64(80)73-37-22-35-57(73)65(81)84-67(3,4)5)71-59(75)52(39-44-23-10-7-11-24-44)68-60(76)55-33-20-36-72(55)63(79)53(40-45-25-12-8-13-26-45)69-61(77)56-34-21-38-74(56)66(82)83-42-51-49-31-18-16-29-47(49)48-30-17-19-32-50(48)51/h7-19,23-32,43,51-58H,6,20-22,33-42H2,1-5H3,(H,68,76)(H,69,77)(H,70,78)(H,71,75)/t43-,52-,53-,54-,55-,56-,57-,58-/m0/s1. The molecule has 9 rings (SSSR count). The molecule has 7 amide bonds. The van der Waals surface area contributed by atoms with E-state index in [2.05, 4.69) is 33.4 Å². The van der Waals surface area contributed by atoms with E-state index in [1.54, 1.807) is 20.8 Å². The minimum absolute atomic E-state index is 0.0400. The molecule has 0 radical (unpaired) electrons. The zero-order valence-corrected chi connectivity index (χ0v) is 48.8. The Kier molecular flexibility index (Phi) is 19.6. The molecule has 5 aromatic rings. The lowest BCUT2D eigenvalue weighted by Gasteiger charge is -2.32. The van der Waals surface area contributed by atoms with Gasteiger partial charge in [0.05, 0.1) is 0 Å². The van der Waals surface area contributed by atoms with Crippen molar-refractivity contribution in [3.05, 3.63) is 167 Å². The zero-order chi connectivity index (χ0) is 59.5. The third kappa shape index (κ3) is 14.5. The van der Waals surface area contributed by atoms with E-state index in [4.69, 9.17) is 9.47 Å². The van der Waals surface area contributed by atoms with Gasteiger partial charge in [0.2, 0.25) is 35.4 Å². The number of amides is 7. The van der Waals surface area contributed by atoms with Crippen LogP contribution in [0.1, 0.15) is 113 Å². The smallest absolute Gasteiger partial charge is 0.410 e. The van der Waals surface area contributed by atoms with Gasteiger partial charge in [-0.3, -0.25) is 33.7 Å². The first kappa shape index (κ1) is 60.3. The first-order valence-corrected chi connectivity index (χ1v) is 29.8. The lowest BCUT2D eigenvalue weighted by atomic mass is 9.96. The Morgan fingerprint density at radius 1 is 0.512 bits per heavy atom. The Bertz CT molecular complexity index is 3110. The number of carbonyl (C=O) groups excluding carboxylic acids is 8. The average molecular weight is 1140 g/mol. The molecule has 0 spiro atoms. The van der Waals surface area contributed by atoms with Crippen LogP contribution in [0.25, 0.3) is 11.1 Å². The highest BCUT2D eigenvalue weighted by Crippen LogP contribution is 2.44. The molecular weight excluding hydrogens is 1060 g/mol. The van der Waals surface area contributed by atoms with Gasteiger partial charge in [-0.1, -0.05) is 160 Å². The first-order valence-electron chi connectivity index (χ1n) is 29.8. The summed E-state index contributed by atoms with van der Waals surface area (Å²) in [6.45, 7) is 9.90. The van der Waals surface area contributed by atoms with Crippen molar-refractivity contribution in [3.63, 3.8) is 0 Å². The fourth-order valence-corrected chi connectivity index (χ4v) is 12.2. The molecule has 1 aliphatic carbocycles. The predicted octanol–water partition coefficient (Wildman–Crippen LogP) is 7.44. The fourth-order valence-electron chi connectivity index (χ4n) is 12.2. The first-order chi connectivity index (χ1) is 40.5. The Balaban J connectivity index is 0.898. The van der Waals surface area contributed by atoms with Crippen molar-refractivity contribution in [2.45, 2.75) is 153 Å². The molecule has 3 aliphatic heterocycles. The number of fused-ring (bicyclic) bond motifs is 3. The largest absolute Gasteiger partial charge is 0.458 e. The second-order valence-electron chi connectivity index (χ2n) is 23.7. The molecule has 3 fully saturated rings. The number of esters is 1. The molecule has 3 saturated heterocycles. The van der Waals surface area contributed by atoms with Crippen molar-refractivity contribution in [2.24, 2.45) is 5.92 Å². The van der Waals surface area contributed by atoms with E-state index < -0.39 is 101 Å². The second-order valence-corrected chi connectivity index (χ2v) is 23.7. The van der Waals surface area contributed by atoms with Crippen molar-refractivity contribution in [1.82, 2.24) is 36.0 Å². The highest BCUT2D eigenvalue weighted by Gasteiger charge is 2.44. The highest BCUT2D eigenvalue weighted by atomic mass is 16.6. The molecule has 442 valence electrons. The molecule has 0 saturated carbocycles. The molecule has 8 atom stereocenters. The number of nitrogens with zero attached hydrogens (tertiary/aromatic N) is 3. The van der Waals surface area contributed by atoms with Crippen LogP contribution in [0.5, 0.6) is 0 Å². The Labute approximate surface area is 492 Å². The Morgan fingerprint density at radius 2 is 0.929 bits per heavy atom. The van der Waals surface area contributed by atoms with Gasteiger partial charge < -0.3 is 40.5 Å². The van der Waals surface area contributed by atoms with Gasteiger partial charge in [0.1, 0.15) is 54.5 Å². The summed E-state index contributed by atoms with van der Waals surface area (Å²) in [7, 11) is 0. The summed E-state index contributed by atoms with van der Waals surface area (Å²) in [6, 6.07) is 36.4.